The zero-order valence-corrected chi connectivity index (χ0v) is 11.4. The molecular weight excluding hydrogens is 260 g/mol. The van der Waals surface area contributed by atoms with E-state index in [2.05, 4.69) is 4.37 Å². The number of nitrogens with zero attached hydrogens (tertiary/aromatic N) is 1. The van der Waals surface area contributed by atoms with Crippen molar-refractivity contribution in [1.29, 1.82) is 0 Å². The summed E-state index contributed by atoms with van der Waals surface area (Å²) in [7, 11) is 0. The molecule has 1 fully saturated rings. The molecule has 0 aliphatic heterocycles. The van der Waals surface area contributed by atoms with Crippen LogP contribution in [-0.4, -0.2) is 15.4 Å². The predicted molar refractivity (Wildman–Crippen MR) is 76.4 cm³/mol. The molecule has 1 heterocycles. The first-order valence-electron chi connectivity index (χ1n) is 6.52. The third-order valence-corrected chi connectivity index (χ3v) is 4.89. The molecule has 100 valence electrons. The first-order chi connectivity index (χ1) is 9.13. The SMILES string of the molecule is Nc1ccc2snc(C3(C(=O)O)CCCCC3)c2c1. The van der Waals surface area contributed by atoms with Gasteiger partial charge in [-0.25, -0.2) is 0 Å². The molecule has 3 N–H and O–H groups in total. The van der Waals surface area contributed by atoms with Crippen LogP contribution in [0, 0.1) is 0 Å². The van der Waals surface area contributed by atoms with Gasteiger partial charge in [0.2, 0.25) is 0 Å². The molecule has 4 nitrogen and oxygen atoms in total. The largest absolute Gasteiger partial charge is 0.481 e. The Balaban J connectivity index is 2.20. The van der Waals surface area contributed by atoms with Gasteiger partial charge in [-0.3, -0.25) is 4.79 Å². The third-order valence-electron chi connectivity index (χ3n) is 4.06. The summed E-state index contributed by atoms with van der Waals surface area (Å²) in [6.45, 7) is 0. The fourth-order valence-electron chi connectivity index (χ4n) is 3.01. The van der Waals surface area contributed by atoms with Crippen molar-refractivity contribution in [1.82, 2.24) is 4.37 Å². The first-order valence-corrected chi connectivity index (χ1v) is 7.30. The minimum Gasteiger partial charge on any atom is -0.481 e. The molecule has 2 aromatic rings. The normalized spacial score (nSPS) is 18.5. The van der Waals surface area contributed by atoms with Crippen LogP contribution in [0.5, 0.6) is 0 Å². The first kappa shape index (κ1) is 12.4. The summed E-state index contributed by atoms with van der Waals surface area (Å²) in [4.78, 5) is 11.8. The lowest BCUT2D eigenvalue weighted by Crippen LogP contribution is -2.38. The second-order valence-corrected chi connectivity index (χ2v) is 6.04. The monoisotopic (exact) mass is 276 g/mol. The Morgan fingerprint density at radius 1 is 1.32 bits per heavy atom. The quantitative estimate of drug-likeness (QED) is 0.826. The number of nitrogens with two attached hydrogens (primary N) is 1. The highest BCUT2D eigenvalue weighted by molar-refractivity contribution is 7.13. The molecule has 0 radical (unpaired) electrons. The van der Waals surface area contributed by atoms with Gasteiger partial charge in [0.25, 0.3) is 0 Å². The molecule has 19 heavy (non-hydrogen) atoms. The van der Waals surface area contributed by atoms with Crippen LogP contribution < -0.4 is 5.73 Å². The van der Waals surface area contributed by atoms with E-state index in [1.807, 2.05) is 18.2 Å². The molecule has 0 amide bonds. The van der Waals surface area contributed by atoms with E-state index in [-0.39, 0.29) is 0 Å². The second kappa shape index (κ2) is 4.49. The van der Waals surface area contributed by atoms with Crippen molar-refractivity contribution in [2.75, 3.05) is 5.73 Å². The lowest BCUT2D eigenvalue weighted by atomic mass is 9.71. The number of nitrogen functional groups attached to an aromatic ring is 1. The molecule has 1 saturated carbocycles. The second-order valence-electron chi connectivity index (χ2n) is 5.23. The third kappa shape index (κ3) is 1.89. The van der Waals surface area contributed by atoms with E-state index < -0.39 is 11.4 Å². The molecule has 5 heteroatoms. The van der Waals surface area contributed by atoms with Crippen molar-refractivity contribution < 1.29 is 9.90 Å². The van der Waals surface area contributed by atoms with Crippen LogP contribution in [-0.2, 0) is 10.2 Å². The lowest BCUT2D eigenvalue weighted by Gasteiger charge is -2.31. The summed E-state index contributed by atoms with van der Waals surface area (Å²) in [6.07, 6.45) is 4.37. The van der Waals surface area contributed by atoms with Crippen LogP contribution in [0.15, 0.2) is 18.2 Å². The van der Waals surface area contributed by atoms with Gasteiger partial charge in [0.1, 0.15) is 5.41 Å². The Morgan fingerprint density at radius 3 is 2.74 bits per heavy atom. The van der Waals surface area contributed by atoms with E-state index in [9.17, 15) is 9.90 Å². The zero-order chi connectivity index (χ0) is 13.5. The minimum absolute atomic E-state index is 0.658. The summed E-state index contributed by atoms with van der Waals surface area (Å²) < 4.78 is 5.47. The molecule has 1 aliphatic carbocycles. The van der Waals surface area contributed by atoms with E-state index in [1.165, 1.54) is 11.5 Å². The topological polar surface area (TPSA) is 76.2 Å². The smallest absolute Gasteiger partial charge is 0.315 e. The van der Waals surface area contributed by atoms with Gasteiger partial charge in [-0.1, -0.05) is 19.3 Å². The van der Waals surface area contributed by atoms with Crippen molar-refractivity contribution in [3.05, 3.63) is 23.9 Å². The van der Waals surface area contributed by atoms with Gasteiger partial charge in [0.15, 0.2) is 0 Å². The van der Waals surface area contributed by atoms with Crippen LogP contribution in [0.1, 0.15) is 37.8 Å². The van der Waals surface area contributed by atoms with E-state index >= 15 is 0 Å². The summed E-state index contributed by atoms with van der Waals surface area (Å²) in [6, 6.07) is 5.61. The summed E-state index contributed by atoms with van der Waals surface area (Å²) in [5, 5.41) is 10.6. The maximum atomic E-state index is 11.8. The molecule has 0 unspecified atom stereocenters. The Morgan fingerprint density at radius 2 is 2.05 bits per heavy atom. The number of aromatic nitrogens is 1. The summed E-state index contributed by atoms with van der Waals surface area (Å²) in [5.41, 5.74) is 6.39. The number of hydrogen-bond acceptors (Lipinski definition) is 4. The van der Waals surface area contributed by atoms with Crippen LogP contribution in [0.3, 0.4) is 0 Å². The van der Waals surface area contributed by atoms with E-state index in [0.717, 1.165) is 29.3 Å². The maximum Gasteiger partial charge on any atom is 0.315 e. The molecule has 0 saturated heterocycles. The number of carboxylic acids is 1. The van der Waals surface area contributed by atoms with Crippen LogP contribution >= 0.6 is 11.5 Å². The number of carboxylic acid groups (broad SMARTS) is 1. The van der Waals surface area contributed by atoms with E-state index in [1.54, 1.807) is 0 Å². The highest BCUT2D eigenvalue weighted by atomic mass is 32.1. The van der Waals surface area contributed by atoms with Crippen molar-refractivity contribution in [3.8, 4) is 0 Å². The molecule has 1 aromatic carbocycles. The summed E-state index contributed by atoms with van der Waals surface area (Å²) >= 11 is 1.36. The summed E-state index contributed by atoms with van der Waals surface area (Å²) in [5.74, 6) is -0.748. The van der Waals surface area contributed by atoms with E-state index in [0.29, 0.717) is 24.2 Å². The zero-order valence-electron chi connectivity index (χ0n) is 10.6. The number of aliphatic carboxylic acids is 1. The van der Waals surface area contributed by atoms with Crippen LogP contribution in [0.2, 0.25) is 0 Å². The minimum atomic E-state index is -0.815. The number of hydrogen-bond donors (Lipinski definition) is 2. The highest BCUT2D eigenvalue weighted by Crippen LogP contribution is 2.43. The highest BCUT2D eigenvalue weighted by Gasteiger charge is 2.44. The Hall–Kier alpha value is -1.62. The van der Waals surface area contributed by atoms with Gasteiger partial charge in [-0.15, -0.1) is 0 Å². The number of benzene rings is 1. The van der Waals surface area contributed by atoms with Crippen LogP contribution in [0.25, 0.3) is 10.1 Å². The van der Waals surface area contributed by atoms with Gasteiger partial charge in [0, 0.05) is 11.1 Å². The Kier molecular flexibility index (Phi) is 2.93. The Bertz CT molecular complexity index is 629. The fourth-order valence-corrected chi connectivity index (χ4v) is 3.85. The molecule has 1 aromatic heterocycles. The standard InChI is InChI=1S/C14H16N2O2S/c15-9-4-5-11-10(8-9)12(16-19-11)14(13(17)18)6-2-1-3-7-14/h4-5,8H,1-3,6-7,15H2,(H,17,18). The van der Waals surface area contributed by atoms with Crippen molar-refractivity contribution in [3.63, 3.8) is 0 Å². The molecule has 3 rings (SSSR count). The number of fused-ring (bicyclic) bond motifs is 1. The average Bonchev–Trinajstić information content (AvgIpc) is 2.82. The predicted octanol–water partition coefficient (Wildman–Crippen LogP) is 3.17. The lowest BCUT2D eigenvalue weighted by molar-refractivity contribution is -0.145. The van der Waals surface area contributed by atoms with E-state index in [4.69, 9.17) is 5.73 Å². The fraction of sp³-hybridized carbons (Fsp3) is 0.429. The van der Waals surface area contributed by atoms with Crippen molar-refractivity contribution in [2.24, 2.45) is 0 Å². The van der Waals surface area contributed by atoms with Crippen molar-refractivity contribution >= 4 is 33.3 Å². The maximum absolute atomic E-state index is 11.8. The molecule has 0 spiro atoms. The molecule has 0 bridgehead atoms. The van der Waals surface area contributed by atoms with Crippen LogP contribution in [0.4, 0.5) is 5.69 Å². The van der Waals surface area contributed by atoms with Crippen molar-refractivity contribution in [2.45, 2.75) is 37.5 Å². The molecule has 1 aliphatic rings. The average molecular weight is 276 g/mol. The van der Waals surface area contributed by atoms with Gasteiger partial charge in [-0.05, 0) is 42.6 Å². The number of carbonyl (C=O) groups is 1. The Labute approximate surface area is 115 Å². The van der Waals surface area contributed by atoms with Gasteiger partial charge in [-0.2, -0.15) is 4.37 Å². The molecule has 0 atom stereocenters. The van der Waals surface area contributed by atoms with Gasteiger partial charge < -0.3 is 10.8 Å². The molecular formula is C14H16N2O2S. The number of anilines is 1. The van der Waals surface area contributed by atoms with Gasteiger partial charge in [0.05, 0.1) is 10.4 Å². The number of rotatable bonds is 2. The van der Waals surface area contributed by atoms with Gasteiger partial charge >= 0.3 is 5.97 Å².